The molecule has 2 atom stereocenters. The quantitative estimate of drug-likeness (QED) is 0.818. The maximum Gasteiger partial charge on any atom is 0.404 e. The van der Waals surface area contributed by atoms with Gasteiger partial charge in [0.15, 0.2) is 5.41 Å². The molecule has 1 N–H and O–H groups in total. The Morgan fingerprint density at radius 1 is 1.26 bits per heavy atom. The maximum atomic E-state index is 14.0. The van der Waals surface area contributed by atoms with Crippen LogP contribution in [0, 0.1) is 11.3 Å². The van der Waals surface area contributed by atoms with Crippen molar-refractivity contribution in [3.63, 3.8) is 0 Å². The first-order valence-electron chi connectivity index (χ1n) is 9.13. The topological polar surface area (TPSA) is 35.6 Å². The Morgan fingerprint density at radius 3 is 2.59 bits per heavy atom. The fourth-order valence-electron chi connectivity index (χ4n) is 4.17. The second-order valence-electron chi connectivity index (χ2n) is 7.49. The summed E-state index contributed by atoms with van der Waals surface area (Å²) in [6.07, 6.45) is -3.93. The van der Waals surface area contributed by atoms with Crippen molar-refractivity contribution in [2.45, 2.75) is 25.6 Å². The maximum absolute atomic E-state index is 14.0. The lowest BCUT2D eigenvalue weighted by atomic mass is 9.84. The molecule has 0 radical (unpaired) electrons. The molecule has 2 aliphatic rings. The Balaban J connectivity index is 0.00000261. The van der Waals surface area contributed by atoms with E-state index in [1.165, 1.54) is 4.90 Å². The summed E-state index contributed by atoms with van der Waals surface area (Å²) in [7, 11) is 1.82. The van der Waals surface area contributed by atoms with Crippen LogP contribution in [0.1, 0.15) is 18.4 Å². The molecule has 0 aromatic heterocycles. The van der Waals surface area contributed by atoms with E-state index in [2.05, 4.69) is 5.32 Å². The Kier molecular flexibility index (Phi) is 7.16. The van der Waals surface area contributed by atoms with Gasteiger partial charge in [-0.2, -0.15) is 13.2 Å². The number of nitrogens with zero attached hydrogens (tertiary/aromatic N) is 2. The molecule has 1 aromatic rings. The number of halogens is 4. The normalized spacial score (nSPS) is 26.2. The van der Waals surface area contributed by atoms with E-state index in [1.807, 2.05) is 37.4 Å². The summed E-state index contributed by atoms with van der Waals surface area (Å²) in [5.41, 5.74) is -1.30. The molecule has 2 fully saturated rings. The Hall–Kier alpha value is -1.31. The molecule has 2 unspecified atom stereocenters. The first kappa shape index (κ1) is 22.0. The first-order chi connectivity index (χ1) is 12.4. The molecule has 4 nitrogen and oxygen atoms in total. The minimum Gasteiger partial charge on any atom is -0.342 e. The zero-order chi connectivity index (χ0) is 18.8. The van der Waals surface area contributed by atoms with E-state index < -0.39 is 17.5 Å². The minimum atomic E-state index is -4.53. The van der Waals surface area contributed by atoms with Crippen molar-refractivity contribution in [1.29, 1.82) is 0 Å². The average molecular weight is 406 g/mol. The molecule has 1 aromatic carbocycles. The van der Waals surface area contributed by atoms with E-state index in [4.69, 9.17) is 0 Å². The van der Waals surface area contributed by atoms with Gasteiger partial charge >= 0.3 is 6.18 Å². The van der Waals surface area contributed by atoms with E-state index in [-0.39, 0.29) is 37.8 Å². The summed E-state index contributed by atoms with van der Waals surface area (Å²) in [6.45, 7) is 2.03. The smallest absolute Gasteiger partial charge is 0.342 e. The van der Waals surface area contributed by atoms with Crippen molar-refractivity contribution >= 4 is 18.3 Å². The summed E-state index contributed by atoms with van der Waals surface area (Å²) >= 11 is 0. The lowest BCUT2D eigenvalue weighted by molar-refractivity contribution is -0.223. The van der Waals surface area contributed by atoms with Gasteiger partial charge in [0, 0.05) is 26.2 Å². The molecule has 2 aliphatic heterocycles. The largest absolute Gasteiger partial charge is 0.404 e. The summed E-state index contributed by atoms with van der Waals surface area (Å²) in [6, 6.07) is 9.43. The summed E-state index contributed by atoms with van der Waals surface area (Å²) in [5, 5.41) is 3.04. The predicted octanol–water partition coefficient (Wildman–Crippen LogP) is 2.93. The highest BCUT2D eigenvalue weighted by molar-refractivity contribution is 5.85. The fourth-order valence-corrected chi connectivity index (χ4v) is 4.17. The number of hydrogen-bond donors (Lipinski definition) is 1. The number of rotatable bonds is 5. The van der Waals surface area contributed by atoms with Crippen LogP contribution >= 0.6 is 12.4 Å². The van der Waals surface area contributed by atoms with Gasteiger partial charge in [-0.15, -0.1) is 12.4 Å². The molecule has 0 aliphatic carbocycles. The molecular weight excluding hydrogens is 379 g/mol. The first-order valence-corrected chi connectivity index (χ1v) is 9.13. The van der Waals surface area contributed by atoms with E-state index >= 15 is 0 Å². The number of hydrogen-bond acceptors (Lipinski definition) is 3. The molecule has 2 saturated heterocycles. The van der Waals surface area contributed by atoms with Gasteiger partial charge in [0.05, 0.1) is 0 Å². The van der Waals surface area contributed by atoms with E-state index in [1.54, 1.807) is 4.90 Å². The zero-order valence-electron chi connectivity index (χ0n) is 15.5. The van der Waals surface area contributed by atoms with Gasteiger partial charge in [-0.05, 0) is 44.5 Å². The Labute approximate surface area is 164 Å². The highest BCUT2D eigenvalue weighted by atomic mass is 35.5. The van der Waals surface area contributed by atoms with Crippen LogP contribution in [-0.4, -0.2) is 61.7 Å². The van der Waals surface area contributed by atoms with Gasteiger partial charge in [-0.25, -0.2) is 0 Å². The predicted molar refractivity (Wildman–Crippen MR) is 101 cm³/mol. The average Bonchev–Trinajstić information content (AvgIpc) is 3.23. The van der Waals surface area contributed by atoms with Crippen LogP contribution in [0.15, 0.2) is 30.3 Å². The molecule has 27 heavy (non-hydrogen) atoms. The van der Waals surface area contributed by atoms with Crippen molar-refractivity contribution in [2.24, 2.45) is 11.3 Å². The second-order valence-corrected chi connectivity index (χ2v) is 7.49. The molecule has 0 saturated carbocycles. The minimum absolute atomic E-state index is 0. The number of alkyl halides is 3. The van der Waals surface area contributed by atoms with Crippen molar-refractivity contribution in [2.75, 3.05) is 39.8 Å². The van der Waals surface area contributed by atoms with Crippen LogP contribution in [0.4, 0.5) is 13.2 Å². The monoisotopic (exact) mass is 405 g/mol. The molecule has 8 heteroatoms. The van der Waals surface area contributed by atoms with Crippen LogP contribution in [0.2, 0.25) is 0 Å². The summed E-state index contributed by atoms with van der Waals surface area (Å²) in [5.74, 6) is -0.504. The molecule has 1 amide bonds. The van der Waals surface area contributed by atoms with Gasteiger partial charge in [-0.1, -0.05) is 30.3 Å². The van der Waals surface area contributed by atoms with Crippen molar-refractivity contribution in [3.05, 3.63) is 35.9 Å². The SMILES string of the molecule is CNCC1CCN(C(=O)C2(C(F)(F)F)CCN(Cc3ccccc3)C2)C1.Cl. The summed E-state index contributed by atoms with van der Waals surface area (Å²) in [4.78, 5) is 16.1. The third kappa shape index (κ3) is 4.58. The van der Waals surface area contributed by atoms with Crippen LogP contribution in [0.3, 0.4) is 0 Å². The van der Waals surface area contributed by atoms with Crippen molar-refractivity contribution < 1.29 is 18.0 Å². The molecule has 0 bridgehead atoms. The standard InChI is InChI=1S/C19H26F3N3O.ClH/c1-23-11-16-7-9-25(13-16)17(26)18(19(20,21)22)8-10-24(14-18)12-15-5-3-2-4-6-15;/h2-6,16,23H,7-14H2,1H3;1H. The van der Waals surface area contributed by atoms with Crippen LogP contribution in [0.5, 0.6) is 0 Å². The van der Waals surface area contributed by atoms with Gasteiger partial charge in [0.1, 0.15) is 0 Å². The third-order valence-corrected chi connectivity index (χ3v) is 5.62. The van der Waals surface area contributed by atoms with Crippen molar-refractivity contribution in [1.82, 2.24) is 15.1 Å². The highest BCUT2D eigenvalue weighted by Gasteiger charge is 2.64. The number of nitrogens with one attached hydrogen (secondary N) is 1. The third-order valence-electron chi connectivity index (χ3n) is 5.62. The summed E-state index contributed by atoms with van der Waals surface area (Å²) < 4.78 is 42.0. The van der Waals surface area contributed by atoms with Gasteiger partial charge < -0.3 is 10.2 Å². The highest BCUT2D eigenvalue weighted by Crippen LogP contribution is 2.47. The molecule has 3 rings (SSSR count). The lowest BCUT2D eigenvalue weighted by Crippen LogP contribution is -2.53. The van der Waals surface area contributed by atoms with E-state index in [9.17, 15) is 18.0 Å². The van der Waals surface area contributed by atoms with Crippen LogP contribution in [-0.2, 0) is 11.3 Å². The second kappa shape index (κ2) is 8.80. The molecule has 0 spiro atoms. The van der Waals surface area contributed by atoms with Gasteiger partial charge in [0.25, 0.3) is 0 Å². The van der Waals surface area contributed by atoms with Gasteiger partial charge in [-0.3, -0.25) is 9.69 Å². The number of amides is 1. The van der Waals surface area contributed by atoms with Crippen molar-refractivity contribution in [3.8, 4) is 0 Å². The lowest BCUT2D eigenvalue weighted by Gasteiger charge is -2.34. The van der Waals surface area contributed by atoms with E-state index in [0.717, 1.165) is 18.5 Å². The number of benzene rings is 1. The Morgan fingerprint density at radius 2 is 1.96 bits per heavy atom. The van der Waals surface area contributed by atoms with Crippen LogP contribution < -0.4 is 5.32 Å². The number of likely N-dealkylation sites (tertiary alicyclic amines) is 2. The zero-order valence-corrected chi connectivity index (χ0v) is 16.3. The Bertz CT molecular complexity index is 628. The fraction of sp³-hybridized carbons (Fsp3) is 0.632. The molecule has 152 valence electrons. The van der Waals surface area contributed by atoms with Gasteiger partial charge in [0.2, 0.25) is 5.91 Å². The molecular formula is C19H27ClF3N3O. The number of carbonyl (C=O) groups excluding carboxylic acids is 1. The van der Waals surface area contributed by atoms with Crippen LogP contribution in [0.25, 0.3) is 0 Å². The van der Waals surface area contributed by atoms with E-state index in [0.29, 0.717) is 19.6 Å². The molecule has 2 heterocycles. The number of carbonyl (C=O) groups is 1.